The molecule has 142 valence electrons. The molecule has 6 heteroatoms. The first-order valence-corrected chi connectivity index (χ1v) is 9.16. The van der Waals surface area contributed by atoms with E-state index in [0.717, 1.165) is 24.0 Å². The second-order valence-electron chi connectivity index (χ2n) is 7.94. The largest absolute Gasteiger partial charge is 0.383 e. The van der Waals surface area contributed by atoms with Crippen molar-refractivity contribution in [2.75, 3.05) is 17.6 Å². The molecule has 1 fully saturated rings. The standard InChI is InChI=1S/C21H26N4O2/c1-14-11-16(12-23-18(14)22)24-19(26)20(27)25-13-21(2,3)10-9-17(25)15-7-5-4-6-8-15/h4-8,11-12,17H,9-10,13H2,1-3H3,(H2,22,23)(H,24,26). The minimum Gasteiger partial charge on any atom is -0.383 e. The number of nitrogens with two attached hydrogens (primary N) is 1. The van der Waals surface area contributed by atoms with Gasteiger partial charge in [0.1, 0.15) is 5.82 Å². The van der Waals surface area contributed by atoms with E-state index in [1.165, 1.54) is 6.20 Å². The molecule has 1 aliphatic rings. The SMILES string of the molecule is Cc1cc(NC(=O)C(=O)N2CC(C)(C)CCC2c2ccccc2)cnc1N. The first kappa shape index (κ1) is 18.9. The molecule has 2 heterocycles. The zero-order chi connectivity index (χ0) is 19.6. The van der Waals surface area contributed by atoms with Crippen LogP contribution in [-0.2, 0) is 9.59 Å². The second-order valence-corrected chi connectivity index (χ2v) is 7.94. The van der Waals surface area contributed by atoms with Gasteiger partial charge in [0.15, 0.2) is 0 Å². The van der Waals surface area contributed by atoms with Gasteiger partial charge in [-0.05, 0) is 42.4 Å². The number of nitrogens with one attached hydrogen (secondary N) is 1. The minimum absolute atomic E-state index is 0.0272. The van der Waals surface area contributed by atoms with Crippen LogP contribution in [0.15, 0.2) is 42.6 Å². The Morgan fingerprint density at radius 2 is 1.96 bits per heavy atom. The molecule has 27 heavy (non-hydrogen) atoms. The van der Waals surface area contributed by atoms with Crippen molar-refractivity contribution in [3.63, 3.8) is 0 Å². The van der Waals surface area contributed by atoms with Gasteiger partial charge in [-0.25, -0.2) is 4.98 Å². The average Bonchev–Trinajstić information content (AvgIpc) is 2.64. The molecule has 1 saturated heterocycles. The van der Waals surface area contributed by atoms with Gasteiger partial charge in [0.2, 0.25) is 0 Å². The molecule has 1 aromatic heterocycles. The van der Waals surface area contributed by atoms with Crippen molar-refractivity contribution in [1.29, 1.82) is 0 Å². The fraction of sp³-hybridized carbons (Fsp3) is 0.381. The maximum Gasteiger partial charge on any atom is 0.313 e. The van der Waals surface area contributed by atoms with Crippen LogP contribution in [0, 0.1) is 12.3 Å². The summed E-state index contributed by atoms with van der Waals surface area (Å²) in [6, 6.07) is 11.5. The van der Waals surface area contributed by atoms with E-state index in [1.54, 1.807) is 17.9 Å². The summed E-state index contributed by atoms with van der Waals surface area (Å²) in [6.07, 6.45) is 3.29. The Balaban J connectivity index is 1.81. The molecule has 0 bridgehead atoms. The van der Waals surface area contributed by atoms with Crippen LogP contribution in [-0.4, -0.2) is 28.2 Å². The van der Waals surface area contributed by atoms with Crippen molar-refractivity contribution in [1.82, 2.24) is 9.88 Å². The smallest absolute Gasteiger partial charge is 0.313 e. The first-order valence-electron chi connectivity index (χ1n) is 9.16. The number of anilines is 2. The monoisotopic (exact) mass is 366 g/mol. The number of piperidine rings is 1. The summed E-state index contributed by atoms with van der Waals surface area (Å²) in [5.74, 6) is -0.771. The number of carbonyl (C=O) groups excluding carboxylic acids is 2. The van der Waals surface area contributed by atoms with E-state index >= 15 is 0 Å². The summed E-state index contributed by atoms with van der Waals surface area (Å²) in [6.45, 7) is 6.59. The van der Waals surface area contributed by atoms with Crippen molar-refractivity contribution >= 4 is 23.3 Å². The number of pyridine rings is 1. The van der Waals surface area contributed by atoms with Crippen LogP contribution in [0.4, 0.5) is 11.5 Å². The molecule has 2 amide bonds. The van der Waals surface area contributed by atoms with Gasteiger partial charge in [-0.2, -0.15) is 0 Å². The molecule has 0 spiro atoms. The molecule has 1 atom stereocenters. The number of hydrogen-bond donors (Lipinski definition) is 2. The van der Waals surface area contributed by atoms with Crippen molar-refractivity contribution < 1.29 is 9.59 Å². The summed E-state index contributed by atoms with van der Waals surface area (Å²) in [5.41, 5.74) is 7.95. The number of hydrogen-bond acceptors (Lipinski definition) is 4. The third-order valence-electron chi connectivity index (χ3n) is 5.09. The molecular weight excluding hydrogens is 340 g/mol. The Hall–Kier alpha value is -2.89. The van der Waals surface area contributed by atoms with Crippen LogP contribution < -0.4 is 11.1 Å². The van der Waals surface area contributed by atoms with E-state index in [9.17, 15) is 9.59 Å². The molecule has 3 N–H and O–H groups in total. The normalized spacial score (nSPS) is 18.8. The maximum absolute atomic E-state index is 13.0. The highest BCUT2D eigenvalue weighted by Crippen LogP contribution is 2.39. The molecule has 6 nitrogen and oxygen atoms in total. The fourth-order valence-corrected chi connectivity index (χ4v) is 3.54. The van der Waals surface area contributed by atoms with Crippen molar-refractivity contribution in [2.45, 2.75) is 39.7 Å². The second kappa shape index (κ2) is 7.39. The maximum atomic E-state index is 13.0. The molecule has 0 radical (unpaired) electrons. The van der Waals surface area contributed by atoms with Crippen molar-refractivity contribution in [3.8, 4) is 0 Å². The Kier molecular flexibility index (Phi) is 5.17. The number of likely N-dealkylation sites (tertiary alicyclic amines) is 1. The van der Waals surface area contributed by atoms with Gasteiger partial charge in [0.05, 0.1) is 17.9 Å². The van der Waals surface area contributed by atoms with Gasteiger partial charge >= 0.3 is 11.8 Å². The van der Waals surface area contributed by atoms with Gasteiger partial charge < -0.3 is 16.0 Å². The third kappa shape index (κ3) is 4.27. The van der Waals surface area contributed by atoms with Gasteiger partial charge in [-0.1, -0.05) is 44.2 Å². The Morgan fingerprint density at radius 3 is 2.63 bits per heavy atom. The van der Waals surface area contributed by atoms with Crippen LogP contribution in [0.1, 0.15) is 43.9 Å². The molecular formula is C21H26N4O2. The zero-order valence-corrected chi connectivity index (χ0v) is 16.0. The average molecular weight is 366 g/mol. The number of aromatic nitrogens is 1. The predicted molar refractivity (Wildman–Crippen MR) is 106 cm³/mol. The third-order valence-corrected chi connectivity index (χ3v) is 5.09. The number of rotatable bonds is 2. The molecule has 3 rings (SSSR count). The number of benzene rings is 1. The molecule has 1 unspecified atom stereocenters. The van der Waals surface area contributed by atoms with Crippen LogP contribution in [0.25, 0.3) is 0 Å². The number of nitrogen functional groups attached to an aromatic ring is 1. The first-order chi connectivity index (χ1) is 12.8. The number of carbonyl (C=O) groups is 2. The summed E-state index contributed by atoms with van der Waals surface area (Å²) in [7, 11) is 0. The lowest BCUT2D eigenvalue weighted by atomic mass is 9.79. The van der Waals surface area contributed by atoms with Crippen LogP contribution in [0.3, 0.4) is 0 Å². The lowest BCUT2D eigenvalue weighted by Crippen LogP contribution is -2.49. The van der Waals surface area contributed by atoms with E-state index in [-0.39, 0.29) is 11.5 Å². The molecule has 1 aliphatic heterocycles. The highest BCUT2D eigenvalue weighted by molar-refractivity contribution is 6.39. The molecule has 2 aromatic rings. The highest BCUT2D eigenvalue weighted by Gasteiger charge is 2.38. The summed E-state index contributed by atoms with van der Waals surface area (Å²) < 4.78 is 0. The van der Waals surface area contributed by atoms with E-state index in [4.69, 9.17) is 5.73 Å². The molecule has 0 aliphatic carbocycles. The minimum atomic E-state index is -0.653. The molecule has 0 saturated carbocycles. The van der Waals surface area contributed by atoms with Crippen LogP contribution in [0.2, 0.25) is 0 Å². The van der Waals surface area contributed by atoms with Gasteiger partial charge in [-0.3, -0.25) is 9.59 Å². The van der Waals surface area contributed by atoms with Gasteiger partial charge in [0.25, 0.3) is 0 Å². The summed E-state index contributed by atoms with van der Waals surface area (Å²) in [5, 5.41) is 2.66. The van der Waals surface area contributed by atoms with Gasteiger partial charge in [-0.15, -0.1) is 0 Å². The number of nitrogens with zero attached hydrogens (tertiary/aromatic N) is 2. The van der Waals surface area contributed by atoms with Gasteiger partial charge in [0, 0.05) is 6.54 Å². The topological polar surface area (TPSA) is 88.3 Å². The van der Waals surface area contributed by atoms with E-state index in [1.807, 2.05) is 30.3 Å². The molecule has 1 aromatic carbocycles. The number of aryl methyl sites for hydroxylation is 1. The fourth-order valence-electron chi connectivity index (χ4n) is 3.54. The van der Waals surface area contributed by atoms with E-state index in [0.29, 0.717) is 18.1 Å². The Morgan fingerprint density at radius 1 is 1.26 bits per heavy atom. The lowest BCUT2D eigenvalue weighted by Gasteiger charge is -2.43. The van der Waals surface area contributed by atoms with E-state index < -0.39 is 11.8 Å². The van der Waals surface area contributed by atoms with Crippen molar-refractivity contribution in [2.24, 2.45) is 5.41 Å². The van der Waals surface area contributed by atoms with E-state index in [2.05, 4.69) is 24.1 Å². The predicted octanol–water partition coefficient (Wildman–Crippen LogP) is 3.30. The zero-order valence-electron chi connectivity index (χ0n) is 16.0. The van der Waals surface area contributed by atoms with Crippen LogP contribution >= 0.6 is 0 Å². The van der Waals surface area contributed by atoms with Crippen molar-refractivity contribution in [3.05, 3.63) is 53.7 Å². The summed E-state index contributed by atoms with van der Waals surface area (Å²) >= 11 is 0. The Labute approximate surface area is 159 Å². The number of amides is 2. The summed E-state index contributed by atoms with van der Waals surface area (Å²) in [4.78, 5) is 31.4. The highest BCUT2D eigenvalue weighted by atomic mass is 16.2. The lowest BCUT2D eigenvalue weighted by molar-refractivity contribution is -0.147. The quantitative estimate of drug-likeness (QED) is 0.798. The van der Waals surface area contributed by atoms with Crippen LogP contribution in [0.5, 0.6) is 0 Å². The Bertz CT molecular complexity index is 849.